The monoisotopic (exact) mass is 346 g/mol. The summed E-state index contributed by atoms with van der Waals surface area (Å²) in [6.07, 6.45) is 0. The second-order valence-electron chi connectivity index (χ2n) is 6.26. The minimum absolute atomic E-state index is 0.0339. The molecule has 0 radical (unpaired) electrons. The number of aryl methyl sites for hydroxylation is 1. The Balaban J connectivity index is 1.79. The van der Waals surface area contributed by atoms with Crippen LogP contribution in [0.2, 0.25) is 0 Å². The normalized spacial score (nSPS) is 11.7. The standard InChI is InChI=1S/C21H22N4O/c1-14-12-20(24-19-11-7-10-18(13-19)16(3)26)25-21(22-14)23-15(2)17-8-5-4-6-9-17/h4-13,15H,1-3H3,(H2,22,23,24,25). The zero-order valence-electron chi connectivity index (χ0n) is 15.2. The molecule has 1 heterocycles. The molecule has 5 heteroatoms. The number of anilines is 3. The number of rotatable bonds is 6. The second kappa shape index (κ2) is 7.78. The van der Waals surface area contributed by atoms with Gasteiger partial charge in [-0.15, -0.1) is 0 Å². The third kappa shape index (κ3) is 4.45. The number of hydrogen-bond acceptors (Lipinski definition) is 5. The molecule has 2 N–H and O–H groups in total. The zero-order valence-corrected chi connectivity index (χ0v) is 15.2. The number of carbonyl (C=O) groups is 1. The quantitative estimate of drug-likeness (QED) is 0.621. The van der Waals surface area contributed by atoms with Crippen molar-refractivity contribution in [2.75, 3.05) is 10.6 Å². The van der Waals surface area contributed by atoms with E-state index in [0.717, 1.165) is 11.4 Å². The highest BCUT2D eigenvalue weighted by atomic mass is 16.1. The maximum atomic E-state index is 11.6. The summed E-state index contributed by atoms with van der Waals surface area (Å²) in [5.41, 5.74) is 3.50. The van der Waals surface area contributed by atoms with Crippen LogP contribution in [0.3, 0.4) is 0 Å². The number of Topliss-reactive ketones (excluding diaryl/α,β-unsaturated/α-hetero) is 1. The number of carbonyl (C=O) groups excluding carboxylic acids is 1. The van der Waals surface area contributed by atoms with Crippen LogP contribution in [0.15, 0.2) is 60.7 Å². The Hall–Kier alpha value is -3.21. The molecule has 3 aromatic rings. The van der Waals surface area contributed by atoms with Gasteiger partial charge in [0, 0.05) is 23.0 Å². The van der Waals surface area contributed by atoms with Gasteiger partial charge in [0.25, 0.3) is 0 Å². The molecule has 1 aromatic heterocycles. The van der Waals surface area contributed by atoms with Crippen molar-refractivity contribution in [3.8, 4) is 0 Å². The van der Waals surface area contributed by atoms with Crippen LogP contribution in [0.25, 0.3) is 0 Å². The number of aromatic nitrogens is 2. The van der Waals surface area contributed by atoms with Crippen LogP contribution >= 0.6 is 0 Å². The SMILES string of the molecule is CC(=O)c1cccc(Nc2cc(C)nc(NC(C)c3ccccc3)n2)c1. The minimum Gasteiger partial charge on any atom is -0.348 e. The lowest BCUT2D eigenvalue weighted by Crippen LogP contribution is -2.10. The molecule has 0 fully saturated rings. The summed E-state index contributed by atoms with van der Waals surface area (Å²) in [5, 5.41) is 6.59. The van der Waals surface area contributed by atoms with E-state index in [1.54, 1.807) is 13.0 Å². The predicted octanol–water partition coefficient (Wildman–Crippen LogP) is 4.90. The van der Waals surface area contributed by atoms with Gasteiger partial charge in [0.1, 0.15) is 5.82 Å². The fourth-order valence-electron chi connectivity index (χ4n) is 2.68. The van der Waals surface area contributed by atoms with Crippen LogP contribution in [0, 0.1) is 6.92 Å². The summed E-state index contributed by atoms with van der Waals surface area (Å²) < 4.78 is 0. The molecule has 0 saturated carbocycles. The van der Waals surface area contributed by atoms with Gasteiger partial charge in [-0.05, 0) is 38.5 Å². The van der Waals surface area contributed by atoms with Gasteiger partial charge < -0.3 is 10.6 Å². The van der Waals surface area contributed by atoms with Gasteiger partial charge in [-0.3, -0.25) is 4.79 Å². The zero-order chi connectivity index (χ0) is 18.5. The lowest BCUT2D eigenvalue weighted by Gasteiger charge is -2.15. The van der Waals surface area contributed by atoms with Crippen molar-refractivity contribution >= 4 is 23.2 Å². The molecule has 0 saturated heterocycles. The van der Waals surface area contributed by atoms with Crippen molar-refractivity contribution in [2.24, 2.45) is 0 Å². The van der Waals surface area contributed by atoms with Gasteiger partial charge in [0.05, 0.1) is 6.04 Å². The van der Waals surface area contributed by atoms with E-state index in [2.05, 4.69) is 39.7 Å². The first-order valence-electron chi connectivity index (χ1n) is 8.56. The molecule has 26 heavy (non-hydrogen) atoms. The first-order valence-corrected chi connectivity index (χ1v) is 8.56. The van der Waals surface area contributed by atoms with E-state index >= 15 is 0 Å². The predicted molar refractivity (Wildman–Crippen MR) is 105 cm³/mol. The van der Waals surface area contributed by atoms with Crippen molar-refractivity contribution in [1.82, 2.24) is 9.97 Å². The molecule has 0 aliphatic rings. The number of hydrogen-bond donors (Lipinski definition) is 2. The molecule has 0 aliphatic carbocycles. The van der Waals surface area contributed by atoms with Gasteiger partial charge in [-0.25, -0.2) is 4.98 Å². The van der Waals surface area contributed by atoms with E-state index in [1.165, 1.54) is 5.56 Å². The molecule has 1 atom stereocenters. The Morgan fingerprint density at radius 3 is 2.50 bits per heavy atom. The van der Waals surface area contributed by atoms with Crippen molar-refractivity contribution in [1.29, 1.82) is 0 Å². The molecule has 0 spiro atoms. The van der Waals surface area contributed by atoms with Gasteiger partial charge in [0.15, 0.2) is 5.78 Å². The van der Waals surface area contributed by atoms with Crippen molar-refractivity contribution in [3.63, 3.8) is 0 Å². The summed E-state index contributed by atoms with van der Waals surface area (Å²) in [5.74, 6) is 1.28. The van der Waals surface area contributed by atoms with Crippen LogP contribution in [0.5, 0.6) is 0 Å². The third-order valence-corrected chi connectivity index (χ3v) is 4.04. The molecule has 0 aliphatic heterocycles. The maximum absolute atomic E-state index is 11.6. The smallest absolute Gasteiger partial charge is 0.225 e. The van der Waals surface area contributed by atoms with Gasteiger partial charge in [-0.1, -0.05) is 42.5 Å². The number of ketones is 1. The van der Waals surface area contributed by atoms with Crippen LogP contribution in [-0.4, -0.2) is 15.8 Å². The van der Waals surface area contributed by atoms with Gasteiger partial charge in [-0.2, -0.15) is 4.98 Å². The highest BCUT2D eigenvalue weighted by Crippen LogP contribution is 2.21. The largest absolute Gasteiger partial charge is 0.348 e. The summed E-state index contributed by atoms with van der Waals surface area (Å²) in [4.78, 5) is 20.6. The lowest BCUT2D eigenvalue weighted by molar-refractivity contribution is 0.101. The Morgan fingerprint density at radius 1 is 1.00 bits per heavy atom. The first-order chi connectivity index (χ1) is 12.5. The van der Waals surface area contributed by atoms with E-state index in [0.29, 0.717) is 17.3 Å². The molecule has 0 amide bonds. The molecule has 0 bridgehead atoms. The fourth-order valence-corrected chi connectivity index (χ4v) is 2.68. The minimum atomic E-state index is 0.0339. The van der Waals surface area contributed by atoms with E-state index in [4.69, 9.17) is 0 Å². The highest BCUT2D eigenvalue weighted by Gasteiger charge is 2.09. The lowest BCUT2D eigenvalue weighted by atomic mass is 10.1. The van der Waals surface area contributed by atoms with Gasteiger partial charge >= 0.3 is 0 Å². The summed E-state index contributed by atoms with van der Waals surface area (Å²) in [7, 11) is 0. The van der Waals surface area contributed by atoms with Crippen molar-refractivity contribution in [2.45, 2.75) is 26.8 Å². The van der Waals surface area contributed by atoms with Gasteiger partial charge in [0.2, 0.25) is 5.95 Å². The molecule has 132 valence electrons. The first kappa shape index (κ1) is 17.6. The molecule has 5 nitrogen and oxygen atoms in total. The maximum Gasteiger partial charge on any atom is 0.225 e. The summed E-state index contributed by atoms with van der Waals surface area (Å²) in [6, 6.07) is 19.5. The molecular weight excluding hydrogens is 324 g/mol. The van der Waals surface area contributed by atoms with E-state index in [-0.39, 0.29) is 11.8 Å². The van der Waals surface area contributed by atoms with E-state index in [9.17, 15) is 4.79 Å². The Kier molecular flexibility index (Phi) is 5.27. The topological polar surface area (TPSA) is 66.9 Å². The van der Waals surface area contributed by atoms with Crippen molar-refractivity contribution < 1.29 is 4.79 Å². The summed E-state index contributed by atoms with van der Waals surface area (Å²) in [6.45, 7) is 5.56. The molecule has 3 rings (SSSR count). The number of benzene rings is 2. The second-order valence-corrected chi connectivity index (χ2v) is 6.26. The fraction of sp³-hybridized carbons (Fsp3) is 0.190. The molecule has 2 aromatic carbocycles. The van der Waals surface area contributed by atoms with E-state index in [1.807, 2.05) is 49.4 Å². The Bertz CT molecular complexity index is 909. The number of nitrogens with zero attached hydrogens (tertiary/aromatic N) is 2. The molecular formula is C21H22N4O. The van der Waals surface area contributed by atoms with Crippen LogP contribution in [0.1, 0.15) is 41.5 Å². The third-order valence-electron chi connectivity index (χ3n) is 4.04. The van der Waals surface area contributed by atoms with E-state index < -0.39 is 0 Å². The average molecular weight is 346 g/mol. The summed E-state index contributed by atoms with van der Waals surface area (Å²) >= 11 is 0. The highest BCUT2D eigenvalue weighted by molar-refractivity contribution is 5.95. The van der Waals surface area contributed by atoms with Crippen LogP contribution in [-0.2, 0) is 0 Å². The van der Waals surface area contributed by atoms with Crippen LogP contribution in [0.4, 0.5) is 17.5 Å². The average Bonchev–Trinajstić information content (AvgIpc) is 2.62. The molecule has 1 unspecified atom stereocenters. The Morgan fingerprint density at radius 2 is 1.77 bits per heavy atom. The Labute approximate surface area is 153 Å². The van der Waals surface area contributed by atoms with Crippen LogP contribution < -0.4 is 10.6 Å². The number of nitrogens with one attached hydrogen (secondary N) is 2. The van der Waals surface area contributed by atoms with Crippen molar-refractivity contribution in [3.05, 3.63) is 77.5 Å².